The van der Waals surface area contributed by atoms with Gasteiger partial charge >= 0.3 is 0 Å². The van der Waals surface area contributed by atoms with E-state index in [0.717, 1.165) is 44.5 Å². The van der Waals surface area contributed by atoms with Gasteiger partial charge < -0.3 is 14.6 Å². The fourth-order valence-electron chi connectivity index (χ4n) is 3.31. The second-order valence-electron chi connectivity index (χ2n) is 6.56. The summed E-state index contributed by atoms with van der Waals surface area (Å²) in [5.41, 5.74) is 1.69. The lowest BCUT2D eigenvalue weighted by atomic mass is 9.90. The third-order valence-corrected chi connectivity index (χ3v) is 4.93. The van der Waals surface area contributed by atoms with Gasteiger partial charge in [-0.15, -0.1) is 0 Å². The van der Waals surface area contributed by atoms with E-state index >= 15 is 0 Å². The molecule has 0 saturated carbocycles. The number of likely N-dealkylation sites (tertiary alicyclic amines) is 1. The second kappa shape index (κ2) is 8.01. The van der Waals surface area contributed by atoms with Gasteiger partial charge in [0.1, 0.15) is 5.75 Å². The molecule has 0 atom stereocenters. The number of piperidine rings is 1. The zero-order valence-corrected chi connectivity index (χ0v) is 14.5. The lowest BCUT2D eigenvalue weighted by Crippen LogP contribution is -2.38. The first-order valence-corrected chi connectivity index (χ1v) is 8.76. The number of ether oxygens (including phenoxy) is 1. The SMILES string of the molecule is COc1ccc(CCC2CCN(C(=O)c3ccc(=O)[nH]c3)CC2)cc1. The number of benzene rings is 1. The maximum absolute atomic E-state index is 12.4. The maximum Gasteiger partial charge on any atom is 0.255 e. The Labute approximate surface area is 147 Å². The molecule has 1 aliphatic heterocycles. The highest BCUT2D eigenvalue weighted by Crippen LogP contribution is 2.24. The summed E-state index contributed by atoms with van der Waals surface area (Å²) in [6.07, 6.45) is 5.77. The molecule has 2 heterocycles. The van der Waals surface area contributed by atoms with Gasteiger partial charge in [0.05, 0.1) is 12.7 Å². The van der Waals surface area contributed by atoms with E-state index in [1.807, 2.05) is 17.0 Å². The normalized spacial score (nSPS) is 15.2. The Hall–Kier alpha value is -2.56. The van der Waals surface area contributed by atoms with Crippen molar-refractivity contribution in [1.82, 2.24) is 9.88 Å². The predicted octanol–water partition coefficient (Wildman–Crippen LogP) is 2.87. The van der Waals surface area contributed by atoms with Crippen molar-refractivity contribution in [3.05, 3.63) is 64.1 Å². The minimum atomic E-state index is -0.186. The molecule has 0 radical (unpaired) electrons. The summed E-state index contributed by atoms with van der Waals surface area (Å²) >= 11 is 0. The van der Waals surface area contributed by atoms with Crippen LogP contribution in [0.25, 0.3) is 0 Å². The summed E-state index contributed by atoms with van der Waals surface area (Å²) < 4.78 is 5.18. The molecule has 132 valence electrons. The molecule has 1 N–H and O–H groups in total. The van der Waals surface area contributed by atoms with Gasteiger partial charge in [-0.05, 0) is 55.4 Å². The highest BCUT2D eigenvalue weighted by molar-refractivity contribution is 5.93. The van der Waals surface area contributed by atoms with Crippen LogP contribution in [0.15, 0.2) is 47.4 Å². The number of methoxy groups -OCH3 is 1. The van der Waals surface area contributed by atoms with Gasteiger partial charge in [-0.25, -0.2) is 0 Å². The van der Waals surface area contributed by atoms with E-state index in [1.54, 1.807) is 13.2 Å². The number of carbonyl (C=O) groups is 1. The van der Waals surface area contributed by atoms with Crippen molar-refractivity contribution >= 4 is 5.91 Å². The minimum Gasteiger partial charge on any atom is -0.497 e. The number of H-pyrrole nitrogens is 1. The van der Waals surface area contributed by atoms with Crippen LogP contribution in [-0.4, -0.2) is 36.0 Å². The number of pyridine rings is 1. The van der Waals surface area contributed by atoms with Crippen molar-refractivity contribution < 1.29 is 9.53 Å². The van der Waals surface area contributed by atoms with E-state index in [-0.39, 0.29) is 11.5 Å². The van der Waals surface area contributed by atoms with Gasteiger partial charge in [-0.2, -0.15) is 0 Å². The zero-order chi connectivity index (χ0) is 17.6. The van der Waals surface area contributed by atoms with Gasteiger partial charge in [0, 0.05) is 25.4 Å². The number of aryl methyl sites for hydroxylation is 1. The molecule has 5 heteroatoms. The van der Waals surface area contributed by atoms with Gasteiger partial charge in [-0.1, -0.05) is 12.1 Å². The quantitative estimate of drug-likeness (QED) is 0.910. The topological polar surface area (TPSA) is 62.4 Å². The Kier molecular flexibility index (Phi) is 5.53. The van der Waals surface area contributed by atoms with Crippen molar-refractivity contribution in [2.24, 2.45) is 5.92 Å². The number of amides is 1. The summed E-state index contributed by atoms with van der Waals surface area (Å²) in [6.45, 7) is 1.57. The third kappa shape index (κ3) is 4.50. The summed E-state index contributed by atoms with van der Waals surface area (Å²) in [5, 5.41) is 0. The van der Waals surface area contributed by atoms with Crippen LogP contribution in [0.5, 0.6) is 5.75 Å². The molecule has 0 aliphatic carbocycles. The number of hydrogen-bond acceptors (Lipinski definition) is 3. The largest absolute Gasteiger partial charge is 0.497 e. The molecule has 2 aromatic rings. The van der Waals surface area contributed by atoms with Gasteiger partial charge in [0.2, 0.25) is 5.56 Å². The lowest BCUT2D eigenvalue weighted by molar-refractivity contribution is 0.0686. The van der Waals surface area contributed by atoms with E-state index in [0.29, 0.717) is 11.5 Å². The van der Waals surface area contributed by atoms with E-state index in [1.165, 1.54) is 17.8 Å². The van der Waals surface area contributed by atoms with Crippen LogP contribution < -0.4 is 10.3 Å². The van der Waals surface area contributed by atoms with Crippen molar-refractivity contribution in [3.8, 4) is 5.75 Å². The Balaban J connectivity index is 1.47. The average Bonchev–Trinajstić information content (AvgIpc) is 2.67. The first-order chi connectivity index (χ1) is 12.2. The van der Waals surface area contributed by atoms with Crippen LogP contribution in [0.2, 0.25) is 0 Å². The Morgan fingerprint density at radius 3 is 2.48 bits per heavy atom. The van der Waals surface area contributed by atoms with Crippen LogP contribution in [-0.2, 0) is 6.42 Å². The van der Waals surface area contributed by atoms with Crippen LogP contribution in [0, 0.1) is 5.92 Å². The predicted molar refractivity (Wildman–Crippen MR) is 97.0 cm³/mol. The van der Waals surface area contributed by atoms with Crippen molar-refractivity contribution in [1.29, 1.82) is 0 Å². The van der Waals surface area contributed by atoms with Crippen LogP contribution in [0.1, 0.15) is 35.2 Å². The first-order valence-electron chi connectivity index (χ1n) is 8.76. The molecule has 3 rings (SSSR count). The van der Waals surface area contributed by atoms with Crippen molar-refractivity contribution in [2.45, 2.75) is 25.7 Å². The summed E-state index contributed by atoms with van der Waals surface area (Å²) in [4.78, 5) is 28.0. The van der Waals surface area contributed by atoms with Crippen LogP contribution >= 0.6 is 0 Å². The molecule has 0 bridgehead atoms. The minimum absolute atomic E-state index is 0.00449. The molecule has 1 aromatic carbocycles. The van der Waals surface area contributed by atoms with Gasteiger partial charge in [-0.3, -0.25) is 9.59 Å². The Bertz CT molecular complexity index is 739. The number of aromatic amines is 1. The molecule has 0 spiro atoms. The van der Waals surface area contributed by atoms with Gasteiger partial charge in [0.25, 0.3) is 5.91 Å². The highest BCUT2D eigenvalue weighted by atomic mass is 16.5. The monoisotopic (exact) mass is 340 g/mol. The summed E-state index contributed by atoms with van der Waals surface area (Å²) in [6, 6.07) is 11.2. The zero-order valence-electron chi connectivity index (χ0n) is 14.5. The molecule has 1 amide bonds. The fourth-order valence-corrected chi connectivity index (χ4v) is 3.31. The van der Waals surface area contributed by atoms with E-state index in [4.69, 9.17) is 4.74 Å². The van der Waals surface area contributed by atoms with Crippen LogP contribution in [0.4, 0.5) is 0 Å². The number of hydrogen-bond donors (Lipinski definition) is 1. The smallest absolute Gasteiger partial charge is 0.255 e. The average molecular weight is 340 g/mol. The highest BCUT2D eigenvalue weighted by Gasteiger charge is 2.23. The third-order valence-electron chi connectivity index (χ3n) is 4.93. The Morgan fingerprint density at radius 1 is 1.16 bits per heavy atom. The Morgan fingerprint density at radius 2 is 1.88 bits per heavy atom. The fraction of sp³-hybridized carbons (Fsp3) is 0.400. The maximum atomic E-state index is 12.4. The summed E-state index contributed by atoms with van der Waals surface area (Å²) in [7, 11) is 1.68. The molecular weight excluding hydrogens is 316 g/mol. The second-order valence-corrected chi connectivity index (χ2v) is 6.56. The molecule has 1 fully saturated rings. The van der Waals surface area contributed by atoms with Crippen molar-refractivity contribution in [3.63, 3.8) is 0 Å². The molecule has 1 saturated heterocycles. The first kappa shape index (κ1) is 17.3. The number of nitrogens with zero attached hydrogens (tertiary/aromatic N) is 1. The lowest BCUT2D eigenvalue weighted by Gasteiger charge is -2.32. The molecule has 1 aromatic heterocycles. The number of aromatic nitrogens is 1. The standard InChI is InChI=1S/C20H24N2O3/c1-25-18-7-4-15(5-8-18)2-3-16-10-12-22(13-11-16)20(24)17-6-9-19(23)21-14-17/h4-9,14,16H,2-3,10-13H2,1H3,(H,21,23). The summed E-state index contributed by atoms with van der Waals surface area (Å²) in [5.74, 6) is 1.55. The molecular formula is C20H24N2O3. The van der Waals surface area contributed by atoms with Crippen LogP contribution in [0.3, 0.4) is 0 Å². The van der Waals surface area contributed by atoms with E-state index in [2.05, 4.69) is 17.1 Å². The number of carbonyl (C=O) groups excluding carboxylic acids is 1. The molecule has 5 nitrogen and oxygen atoms in total. The van der Waals surface area contributed by atoms with Crippen molar-refractivity contribution in [2.75, 3.05) is 20.2 Å². The molecule has 0 unspecified atom stereocenters. The molecule has 1 aliphatic rings. The van der Waals surface area contributed by atoms with E-state index in [9.17, 15) is 9.59 Å². The van der Waals surface area contributed by atoms with E-state index < -0.39 is 0 Å². The number of rotatable bonds is 5. The molecule has 25 heavy (non-hydrogen) atoms. The van der Waals surface area contributed by atoms with Gasteiger partial charge in [0.15, 0.2) is 0 Å². The number of nitrogens with one attached hydrogen (secondary N) is 1.